The lowest BCUT2D eigenvalue weighted by atomic mass is 9.70. The van der Waals surface area contributed by atoms with Crippen LogP contribution in [0.25, 0.3) is 17.0 Å². The molecule has 0 fully saturated rings. The van der Waals surface area contributed by atoms with Gasteiger partial charge >= 0.3 is 0 Å². The highest BCUT2D eigenvalue weighted by Gasteiger charge is 2.58. The number of para-hydroxylation sites is 1. The lowest BCUT2D eigenvalue weighted by Crippen LogP contribution is -2.46. The number of aromatic nitrogens is 6. The van der Waals surface area contributed by atoms with E-state index in [0.29, 0.717) is 39.7 Å². The molecule has 0 bridgehead atoms. The van der Waals surface area contributed by atoms with Crippen LogP contribution < -0.4 is 10.2 Å². The minimum atomic E-state index is -1.27. The third-order valence-electron chi connectivity index (χ3n) is 7.09. The van der Waals surface area contributed by atoms with Crippen LogP contribution in [-0.2, 0) is 21.5 Å². The minimum absolute atomic E-state index is 0.0639. The Morgan fingerprint density at radius 2 is 1.86 bits per heavy atom. The molecule has 0 aliphatic carbocycles. The van der Waals surface area contributed by atoms with E-state index in [-0.39, 0.29) is 30.6 Å². The summed E-state index contributed by atoms with van der Waals surface area (Å²) in [6, 6.07) is 13.5. The number of benzene rings is 2. The molecular formula is C26H19FN8O2. The van der Waals surface area contributed by atoms with Crippen molar-refractivity contribution in [2.45, 2.75) is 25.3 Å². The number of aryl methyl sites for hydroxylation is 1. The standard InChI is InChI=1S/C26H19FN8O2/c1-14-20-23(35(33-14)24-21-22(29-12-28-21)30-13-31-24)32-19(36)10-26(20)17-4-2-3-5-18(17)34(25(26)37)11-15-6-8-16(27)9-7-15/h2-9,12-13H,10-11H2,1H3,(H,32,36)(H,28,29,30,31)/t26-/m0/s1. The highest BCUT2D eigenvalue weighted by molar-refractivity contribution is 6.16. The maximum atomic E-state index is 14.4. The van der Waals surface area contributed by atoms with Crippen molar-refractivity contribution in [1.29, 1.82) is 0 Å². The predicted octanol–water partition coefficient (Wildman–Crippen LogP) is 3.16. The van der Waals surface area contributed by atoms with E-state index in [9.17, 15) is 14.0 Å². The summed E-state index contributed by atoms with van der Waals surface area (Å²) < 4.78 is 15.1. The molecule has 11 heteroatoms. The molecule has 37 heavy (non-hydrogen) atoms. The zero-order valence-electron chi connectivity index (χ0n) is 19.6. The molecule has 2 aliphatic heterocycles. The van der Waals surface area contributed by atoms with Crippen molar-refractivity contribution in [3.63, 3.8) is 0 Å². The Kier molecular flexibility index (Phi) is 4.35. The van der Waals surface area contributed by atoms with Crippen molar-refractivity contribution in [2.24, 2.45) is 0 Å². The first-order valence-electron chi connectivity index (χ1n) is 11.7. The highest BCUT2D eigenvalue weighted by Crippen LogP contribution is 2.53. The largest absolute Gasteiger partial charge is 0.340 e. The van der Waals surface area contributed by atoms with E-state index in [1.54, 1.807) is 17.0 Å². The number of imidazole rings is 1. The first kappa shape index (κ1) is 21.4. The molecule has 10 nitrogen and oxygen atoms in total. The fourth-order valence-electron chi connectivity index (χ4n) is 5.59. The van der Waals surface area contributed by atoms with Gasteiger partial charge in [0.2, 0.25) is 11.8 Å². The van der Waals surface area contributed by atoms with Crippen LogP contribution in [0.3, 0.4) is 0 Å². The van der Waals surface area contributed by atoms with Crippen molar-refractivity contribution in [3.8, 4) is 5.82 Å². The predicted molar refractivity (Wildman–Crippen MR) is 132 cm³/mol. The number of carbonyl (C=O) groups is 2. The molecule has 0 saturated heterocycles. The van der Waals surface area contributed by atoms with Gasteiger partial charge in [-0.2, -0.15) is 9.78 Å². The SMILES string of the molecule is Cc1nn(-c2ncnc3nc[nH]c23)c2c1[C@@]1(CC(=O)N2)C(=O)N(Cc2ccc(F)cc2)c2ccccc21. The molecule has 5 heterocycles. The number of hydrogen-bond acceptors (Lipinski definition) is 6. The second-order valence-corrected chi connectivity index (χ2v) is 9.18. The summed E-state index contributed by atoms with van der Waals surface area (Å²) >= 11 is 0. The summed E-state index contributed by atoms with van der Waals surface area (Å²) in [6.07, 6.45) is 2.82. The van der Waals surface area contributed by atoms with Crippen molar-refractivity contribution in [3.05, 3.63) is 89.4 Å². The number of H-pyrrole nitrogens is 1. The minimum Gasteiger partial charge on any atom is -0.340 e. The number of nitrogens with zero attached hydrogens (tertiary/aromatic N) is 6. The van der Waals surface area contributed by atoms with Gasteiger partial charge in [0, 0.05) is 17.7 Å². The van der Waals surface area contributed by atoms with Crippen LogP contribution in [0.15, 0.2) is 61.2 Å². The molecule has 1 spiro atoms. The summed E-state index contributed by atoms with van der Waals surface area (Å²) in [5.74, 6) is -0.0937. The average Bonchev–Trinajstić information content (AvgIpc) is 3.57. The Bertz CT molecular complexity index is 1740. The van der Waals surface area contributed by atoms with E-state index in [2.05, 4.69) is 25.3 Å². The molecule has 182 valence electrons. The van der Waals surface area contributed by atoms with Crippen molar-refractivity contribution >= 4 is 34.5 Å². The zero-order chi connectivity index (χ0) is 25.3. The van der Waals surface area contributed by atoms with E-state index in [1.807, 2.05) is 31.2 Å². The lowest BCUT2D eigenvalue weighted by molar-refractivity contribution is -0.126. The second-order valence-electron chi connectivity index (χ2n) is 9.18. The van der Waals surface area contributed by atoms with Crippen LogP contribution in [0.2, 0.25) is 0 Å². The van der Waals surface area contributed by atoms with E-state index >= 15 is 0 Å². The van der Waals surface area contributed by atoms with Gasteiger partial charge in [-0.15, -0.1) is 0 Å². The zero-order valence-corrected chi connectivity index (χ0v) is 19.6. The number of anilines is 2. The molecule has 2 N–H and O–H groups in total. The van der Waals surface area contributed by atoms with Crippen LogP contribution >= 0.6 is 0 Å². The Balaban J connectivity index is 1.44. The van der Waals surface area contributed by atoms with Gasteiger partial charge in [-0.1, -0.05) is 30.3 Å². The molecule has 0 unspecified atom stereocenters. The monoisotopic (exact) mass is 494 g/mol. The fraction of sp³-hybridized carbons (Fsp3) is 0.154. The van der Waals surface area contributed by atoms with Gasteiger partial charge in [0.05, 0.1) is 18.6 Å². The van der Waals surface area contributed by atoms with E-state index in [0.717, 1.165) is 11.1 Å². The van der Waals surface area contributed by atoms with Gasteiger partial charge in [0.25, 0.3) is 0 Å². The van der Waals surface area contributed by atoms with Gasteiger partial charge < -0.3 is 15.2 Å². The van der Waals surface area contributed by atoms with Crippen molar-refractivity contribution < 1.29 is 14.0 Å². The topological polar surface area (TPSA) is 122 Å². The summed E-state index contributed by atoms with van der Waals surface area (Å²) in [4.78, 5) is 45.1. The van der Waals surface area contributed by atoms with Gasteiger partial charge in [0.1, 0.15) is 28.9 Å². The molecule has 2 aliphatic rings. The molecule has 2 aromatic carbocycles. The Labute approximate surface area is 209 Å². The molecule has 3 aromatic heterocycles. The van der Waals surface area contributed by atoms with E-state index in [4.69, 9.17) is 5.10 Å². The average molecular weight is 494 g/mol. The second kappa shape index (κ2) is 7.53. The van der Waals surface area contributed by atoms with Gasteiger partial charge in [0.15, 0.2) is 11.5 Å². The van der Waals surface area contributed by atoms with Crippen LogP contribution in [0.1, 0.15) is 28.8 Å². The third kappa shape index (κ3) is 2.90. The highest BCUT2D eigenvalue weighted by atomic mass is 19.1. The van der Waals surface area contributed by atoms with E-state index in [1.165, 1.54) is 29.5 Å². The molecule has 1 atom stereocenters. The van der Waals surface area contributed by atoms with Gasteiger partial charge in [-0.3, -0.25) is 9.59 Å². The number of amides is 2. The van der Waals surface area contributed by atoms with Crippen LogP contribution in [0.5, 0.6) is 0 Å². The third-order valence-corrected chi connectivity index (χ3v) is 7.09. The van der Waals surface area contributed by atoms with Gasteiger partial charge in [-0.05, 0) is 36.2 Å². The Hall–Kier alpha value is -4.93. The Morgan fingerprint density at radius 1 is 1.05 bits per heavy atom. The summed E-state index contributed by atoms with van der Waals surface area (Å²) in [6.45, 7) is 2.06. The number of hydrogen-bond donors (Lipinski definition) is 2. The molecule has 0 saturated carbocycles. The maximum absolute atomic E-state index is 14.4. The van der Waals surface area contributed by atoms with Crippen molar-refractivity contribution in [2.75, 3.05) is 10.2 Å². The first-order chi connectivity index (χ1) is 18.0. The van der Waals surface area contributed by atoms with Crippen LogP contribution in [-0.4, -0.2) is 41.5 Å². The molecular weight excluding hydrogens is 475 g/mol. The Morgan fingerprint density at radius 3 is 2.70 bits per heavy atom. The normalized spacial score (nSPS) is 18.4. The van der Waals surface area contributed by atoms with Gasteiger partial charge in [-0.25, -0.2) is 19.3 Å². The quantitative estimate of drug-likeness (QED) is 0.397. The number of aromatic amines is 1. The molecule has 2 amide bonds. The fourth-order valence-corrected chi connectivity index (χ4v) is 5.59. The molecule has 7 rings (SSSR count). The van der Waals surface area contributed by atoms with Crippen LogP contribution in [0, 0.1) is 12.7 Å². The smallest absolute Gasteiger partial charge is 0.243 e. The number of halogens is 1. The van der Waals surface area contributed by atoms with Crippen molar-refractivity contribution in [1.82, 2.24) is 29.7 Å². The number of carbonyl (C=O) groups excluding carboxylic acids is 2. The summed E-state index contributed by atoms with van der Waals surface area (Å²) in [5.41, 5.74) is 3.17. The number of rotatable bonds is 3. The van der Waals surface area contributed by atoms with Crippen LogP contribution in [0.4, 0.5) is 15.9 Å². The maximum Gasteiger partial charge on any atom is 0.243 e. The summed E-state index contributed by atoms with van der Waals surface area (Å²) in [5, 5.41) is 7.66. The summed E-state index contributed by atoms with van der Waals surface area (Å²) in [7, 11) is 0. The number of nitrogens with one attached hydrogen (secondary N) is 2. The number of fused-ring (bicyclic) bond motifs is 5. The lowest BCUT2D eigenvalue weighted by Gasteiger charge is -2.33. The van der Waals surface area contributed by atoms with E-state index < -0.39 is 5.41 Å². The molecule has 5 aromatic rings. The molecule has 0 radical (unpaired) electrons. The first-order valence-corrected chi connectivity index (χ1v) is 11.7.